The zero-order valence-electron chi connectivity index (χ0n) is 9.96. The number of rotatable bonds is 4. The van der Waals surface area contributed by atoms with Crippen LogP contribution in [-0.4, -0.2) is 22.8 Å². The number of amides is 1. The van der Waals surface area contributed by atoms with Crippen LogP contribution in [0.4, 0.5) is 0 Å². The van der Waals surface area contributed by atoms with E-state index >= 15 is 0 Å². The third-order valence-corrected chi connectivity index (χ3v) is 2.27. The zero-order valence-corrected chi connectivity index (χ0v) is 9.96. The first-order valence-electron chi connectivity index (χ1n) is 5.07. The van der Waals surface area contributed by atoms with Gasteiger partial charge in [-0.1, -0.05) is 13.8 Å². The number of nitrogens with zero attached hydrogens (tertiary/aromatic N) is 1. The predicted molar refractivity (Wildman–Crippen MR) is 59.3 cm³/mol. The third-order valence-electron chi connectivity index (χ3n) is 2.27. The topological polar surface area (TPSA) is 76.1 Å². The van der Waals surface area contributed by atoms with Crippen LogP contribution in [0.25, 0.3) is 0 Å². The Bertz CT molecular complexity index is 431. The lowest BCUT2D eigenvalue weighted by Crippen LogP contribution is -2.29. The summed E-state index contributed by atoms with van der Waals surface area (Å²) in [5.74, 6) is 0.190. The molecule has 2 N–H and O–H groups in total. The van der Waals surface area contributed by atoms with Gasteiger partial charge in [-0.25, -0.2) is 0 Å². The summed E-state index contributed by atoms with van der Waals surface area (Å²) in [4.78, 5) is 23.0. The van der Waals surface area contributed by atoms with E-state index in [1.165, 1.54) is 11.8 Å². The molecule has 0 unspecified atom stereocenters. The standard InChI is InChI=1S/C10H17N3O3/c1-6(2)8(14)11-5-7-9(16-4)12-13(3)10(7)15/h6,12H,5H2,1-4H3,(H,11,14). The lowest BCUT2D eigenvalue weighted by atomic mass is 10.2. The minimum atomic E-state index is -0.194. The first-order chi connectivity index (χ1) is 7.47. The van der Waals surface area contributed by atoms with Gasteiger partial charge in [0.05, 0.1) is 19.2 Å². The first-order valence-corrected chi connectivity index (χ1v) is 5.07. The Kier molecular flexibility index (Phi) is 3.76. The summed E-state index contributed by atoms with van der Waals surface area (Å²) in [5.41, 5.74) is 0.236. The smallest absolute Gasteiger partial charge is 0.275 e. The molecule has 0 aliphatic carbocycles. The summed E-state index contributed by atoms with van der Waals surface area (Å²) in [5, 5.41) is 5.42. The lowest BCUT2D eigenvalue weighted by molar-refractivity contribution is -0.124. The largest absolute Gasteiger partial charge is 0.481 e. The monoisotopic (exact) mass is 227 g/mol. The number of nitrogens with one attached hydrogen (secondary N) is 2. The second-order valence-electron chi connectivity index (χ2n) is 3.86. The van der Waals surface area contributed by atoms with E-state index < -0.39 is 0 Å². The van der Waals surface area contributed by atoms with E-state index in [9.17, 15) is 9.59 Å². The van der Waals surface area contributed by atoms with Crippen LogP contribution in [0.15, 0.2) is 4.79 Å². The van der Waals surface area contributed by atoms with Gasteiger partial charge in [0.1, 0.15) is 0 Å². The average Bonchev–Trinajstić information content (AvgIpc) is 2.51. The number of carbonyl (C=O) groups excluding carboxylic acids is 1. The number of hydrogen-bond donors (Lipinski definition) is 2. The molecule has 6 nitrogen and oxygen atoms in total. The molecule has 6 heteroatoms. The maximum Gasteiger partial charge on any atom is 0.275 e. The van der Waals surface area contributed by atoms with E-state index in [-0.39, 0.29) is 23.9 Å². The van der Waals surface area contributed by atoms with Crippen LogP contribution in [0, 0.1) is 5.92 Å². The van der Waals surface area contributed by atoms with Crippen LogP contribution >= 0.6 is 0 Å². The molecular weight excluding hydrogens is 210 g/mol. The molecule has 0 spiro atoms. The minimum Gasteiger partial charge on any atom is -0.481 e. The minimum absolute atomic E-state index is 0.0923. The number of methoxy groups -OCH3 is 1. The second kappa shape index (κ2) is 4.87. The molecule has 1 rings (SSSR count). The highest BCUT2D eigenvalue weighted by atomic mass is 16.5. The molecule has 1 aromatic rings. The maximum absolute atomic E-state index is 11.6. The summed E-state index contributed by atoms with van der Waals surface area (Å²) in [6.45, 7) is 3.76. The van der Waals surface area contributed by atoms with Gasteiger partial charge in [0, 0.05) is 13.0 Å². The summed E-state index contributed by atoms with van der Waals surface area (Å²) in [7, 11) is 3.07. The number of ether oxygens (including phenoxy) is 1. The van der Waals surface area contributed by atoms with Crippen molar-refractivity contribution in [2.75, 3.05) is 7.11 Å². The van der Waals surface area contributed by atoms with E-state index in [0.29, 0.717) is 11.4 Å². The third kappa shape index (κ3) is 2.44. The highest BCUT2D eigenvalue weighted by molar-refractivity contribution is 5.77. The fourth-order valence-corrected chi connectivity index (χ4v) is 1.27. The van der Waals surface area contributed by atoms with Crippen molar-refractivity contribution < 1.29 is 9.53 Å². The normalized spacial score (nSPS) is 10.6. The summed E-state index contributed by atoms with van der Waals surface area (Å²) < 4.78 is 6.33. The molecule has 1 heterocycles. The highest BCUT2D eigenvalue weighted by Crippen LogP contribution is 2.09. The molecule has 0 saturated heterocycles. The van der Waals surface area contributed by atoms with E-state index in [0.717, 1.165) is 0 Å². The molecule has 0 aliphatic rings. The van der Waals surface area contributed by atoms with E-state index in [4.69, 9.17) is 4.74 Å². The Morgan fingerprint density at radius 2 is 2.19 bits per heavy atom. The van der Waals surface area contributed by atoms with Crippen molar-refractivity contribution >= 4 is 5.91 Å². The summed E-state index contributed by atoms with van der Waals surface area (Å²) in [6.07, 6.45) is 0. The molecule has 0 saturated carbocycles. The zero-order chi connectivity index (χ0) is 12.3. The average molecular weight is 227 g/mol. The fraction of sp³-hybridized carbons (Fsp3) is 0.600. The van der Waals surface area contributed by atoms with Crippen molar-refractivity contribution in [2.45, 2.75) is 20.4 Å². The van der Waals surface area contributed by atoms with Gasteiger partial charge >= 0.3 is 0 Å². The Morgan fingerprint density at radius 3 is 2.69 bits per heavy atom. The highest BCUT2D eigenvalue weighted by Gasteiger charge is 2.14. The Morgan fingerprint density at radius 1 is 1.56 bits per heavy atom. The van der Waals surface area contributed by atoms with Crippen LogP contribution in [0.1, 0.15) is 19.4 Å². The predicted octanol–water partition coefficient (Wildman–Crippen LogP) is -0.00580. The van der Waals surface area contributed by atoms with Crippen LogP contribution in [0.2, 0.25) is 0 Å². The SMILES string of the molecule is COc1[nH]n(C)c(=O)c1CNC(=O)C(C)C. The molecule has 0 bridgehead atoms. The molecule has 0 fully saturated rings. The number of aromatic amines is 1. The Labute approximate surface area is 93.6 Å². The van der Waals surface area contributed by atoms with E-state index in [2.05, 4.69) is 10.4 Å². The quantitative estimate of drug-likeness (QED) is 0.759. The van der Waals surface area contributed by atoms with Crippen LogP contribution in [0.3, 0.4) is 0 Å². The van der Waals surface area contributed by atoms with Crippen LogP contribution < -0.4 is 15.6 Å². The van der Waals surface area contributed by atoms with Crippen molar-refractivity contribution in [1.82, 2.24) is 15.1 Å². The molecule has 1 aromatic heterocycles. The number of aromatic nitrogens is 2. The van der Waals surface area contributed by atoms with Crippen molar-refractivity contribution in [1.29, 1.82) is 0 Å². The lowest BCUT2D eigenvalue weighted by Gasteiger charge is -2.06. The van der Waals surface area contributed by atoms with Crippen molar-refractivity contribution in [2.24, 2.45) is 13.0 Å². The molecule has 16 heavy (non-hydrogen) atoms. The van der Waals surface area contributed by atoms with Crippen molar-refractivity contribution in [3.05, 3.63) is 15.9 Å². The number of hydrogen-bond acceptors (Lipinski definition) is 3. The summed E-state index contributed by atoms with van der Waals surface area (Å²) in [6, 6.07) is 0. The van der Waals surface area contributed by atoms with Gasteiger partial charge in [0.15, 0.2) is 0 Å². The van der Waals surface area contributed by atoms with Gasteiger partial charge in [0.2, 0.25) is 11.8 Å². The van der Waals surface area contributed by atoms with Gasteiger partial charge in [-0.2, -0.15) is 0 Å². The molecule has 0 atom stereocenters. The van der Waals surface area contributed by atoms with Gasteiger partial charge in [-0.3, -0.25) is 19.4 Å². The van der Waals surface area contributed by atoms with Gasteiger partial charge < -0.3 is 10.1 Å². The van der Waals surface area contributed by atoms with E-state index in [1.54, 1.807) is 20.9 Å². The van der Waals surface area contributed by atoms with Gasteiger partial charge in [-0.15, -0.1) is 0 Å². The van der Waals surface area contributed by atoms with Crippen LogP contribution in [0.5, 0.6) is 5.88 Å². The van der Waals surface area contributed by atoms with Crippen molar-refractivity contribution in [3.8, 4) is 5.88 Å². The molecular formula is C10H17N3O3. The number of aryl methyl sites for hydroxylation is 1. The molecule has 90 valence electrons. The van der Waals surface area contributed by atoms with Crippen molar-refractivity contribution in [3.63, 3.8) is 0 Å². The second-order valence-corrected chi connectivity index (χ2v) is 3.86. The molecule has 0 aromatic carbocycles. The Balaban J connectivity index is 2.81. The fourth-order valence-electron chi connectivity index (χ4n) is 1.27. The Hall–Kier alpha value is -1.72. The maximum atomic E-state index is 11.6. The molecule has 0 radical (unpaired) electrons. The molecule has 1 amide bonds. The van der Waals surface area contributed by atoms with Crippen LogP contribution in [-0.2, 0) is 18.4 Å². The van der Waals surface area contributed by atoms with E-state index in [1.807, 2.05) is 0 Å². The van der Waals surface area contributed by atoms with Gasteiger partial charge in [0.25, 0.3) is 5.56 Å². The van der Waals surface area contributed by atoms with Gasteiger partial charge in [-0.05, 0) is 0 Å². The molecule has 0 aliphatic heterocycles. The number of carbonyl (C=O) groups is 1. The summed E-state index contributed by atoms with van der Waals surface area (Å²) >= 11 is 0. The first kappa shape index (κ1) is 12.4. The number of H-pyrrole nitrogens is 1.